The van der Waals surface area contributed by atoms with E-state index in [9.17, 15) is 0 Å². The van der Waals surface area contributed by atoms with Gasteiger partial charge in [-0.3, -0.25) is 4.48 Å². The molecule has 2 heteroatoms. The molecule has 0 atom stereocenters. The third-order valence-electron chi connectivity index (χ3n) is 2.21. The number of hydrogen-bond donors (Lipinski definition) is 0. The summed E-state index contributed by atoms with van der Waals surface area (Å²) >= 11 is 0. The summed E-state index contributed by atoms with van der Waals surface area (Å²) in [7, 11) is 4.48. The highest BCUT2D eigenvalue weighted by atomic mass is 35.5. The van der Waals surface area contributed by atoms with E-state index in [0.29, 0.717) is 0 Å². The summed E-state index contributed by atoms with van der Waals surface area (Å²) in [6.45, 7) is 1.16. The van der Waals surface area contributed by atoms with Gasteiger partial charge in [-0.25, -0.2) is 0 Å². The second kappa shape index (κ2) is 2.50. The molecule has 11 heavy (non-hydrogen) atoms. The Bertz CT molecular complexity index is 251. The summed E-state index contributed by atoms with van der Waals surface area (Å²) in [5.41, 5.74) is 2.86. The van der Waals surface area contributed by atoms with Gasteiger partial charge in [0, 0.05) is 5.56 Å². The van der Waals surface area contributed by atoms with Gasteiger partial charge in [-0.05, 0) is 24.3 Å². The zero-order valence-electron chi connectivity index (χ0n) is 6.84. The number of halogens is 1. The first-order valence-corrected chi connectivity index (χ1v) is 3.61. The van der Waals surface area contributed by atoms with E-state index in [2.05, 4.69) is 38.4 Å². The summed E-state index contributed by atoms with van der Waals surface area (Å²) in [6, 6.07) is 8.83. The van der Waals surface area contributed by atoms with Crippen LogP contribution in [0, 0.1) is 0 Å². The molecular formula is C9H12ClN. The summed E-state index contributed by atoms with van der Waals surface area (Å²) in [6.07, 6.45) is 0. The molecule has 1 aromatic rings. The van der Waals surface area contributed by atoms with Crippen molar-refractivity contribution in [2.24, 2.45) is 0 Å². The van der Waals surface area contributed by atoms with Crippen LogP contribution >= 0.6 is 0 Å². The molecule has 60 valence electrons. The second-order valence-corrected chi connectivity index (χ2v) is 3.51. The van der Waals surface area contributed by atoms with Crippen LogP contribution in [-0.2, 0) is 6.54 Å². The standard InChI is InChI=1S/C9H12N.ClH/c1-10(2)7-8-3-5-9(10)6-4-8;/h3-6H,7H2,1-2H3;1H/q+1;/p-1. The lowest BCUT2D eigenvalue weighted by Gasteiger charge is -2.33. The highest BCUT2D eigenvalue weighted by Gasteiger charge is 2.23. The van der Waals surface area contributed by atoms with Crippen molar-refractivity contribution in [3.8, 4) is 0 Å². The van der Waals surface area contributed by atoms with Crippen LogP contribution in [0.1, 0.15) is 5.56 Å². The summed E-state index contributed by atoms with van der Waals surface area (Å²) in [5, 5.41) is 0. The molecule has 2 aliphatic heterocycles. The van der Waals surface area contributed by atoms with Crippen molar-refractivity contribution in [2.45, 2.75) is 6.54 Å². The van der Waals surface area contributed by atoms with E-state index in [1.807, 2.05) is 0 Å². The van der Waals surface area contributed by atoms with Gasteiger partial charge in [0.15, 0.2) is 0 Å². The molecule has 3 rings (SSSR count). The third-order valence-corrected chi connectivity index (χ3v) is 2.21. The molecule has 0 saturated heterocycles. The molecule has 0 amide bonds. The fourth-order valence-corrected chi connectivity index (χ4v) is 1.55. The molecule has 2 heterocycles. The normalized spacial score (nSPS) is 17.6. The summed E-state index contributed by atoms with van der Waals surface area (Å²) < 4.78 is 1.02. The maximum atomic E-state index is 2.24. The predicted molar refractivity (Wildman–Crippen MR) is 43.8 cm³/mol. The third kappa shape index (κ3) is 1.26. The molecule has 0 unspecified atom stereocenters. The quantitative estimate of drug-likeness (QED) is 0.427. The molecule has 1 nitrogen and oxygen atoms in total. The van der Waals surface area contributed by atoms with Gasteiger partial charge in [0.1, 0.15) is 12.2 Å². The molecule has 2 aliphatic rings. The van der Waals surface area contributed by atoms with Gasteiger partial charge in [-0.1, -0.05) is 0 Å². The van der Waals surface area contributed by atoms with E-state index in [4.69, 9.17) is 0 Å². The molecular weight excluding hydrogens is 158 g/mol. The maximum Gasteiger partial charge on any atom is 0.132 e. The molecule has 0 aliphatic carbocycles. The van der Waals surface area contributed by atoms with Crippen LogP contribution in [0.4, 0.5) is 5.69 Å². The second-order valence-electron chi connectivity index (χ2n) is 3.51. The van der Waals surface area contributed by atoms with Crippen molar-refractivity contribution in [1.82, 2.24) is 4.48 Å². The van der Waals surface area contributed by atoms with Gasteiger partial charge >= 0.3 is 0 Å². The number of fused-ring (bicyclic) bond motifs is 3. The van der Waals surface area contributed by atoms with Crippen LogP contribution in [-0.4, -0.2) is 14.1 Å². The van der Waals surface area contributed by atoms with Crippen molar-refractivity contribution >= 4 is 5.69 Å². The number of rotatable bonds is 0. The number of nitrogens with zero attached hydrogens (tertiary/aromatic N) is 1. The zero-order valence-corrected chi connectivity index (χ0v) is 7.60. The lowest BCUT2D eigenvalue weighted by Crippen LogP contribution is -3.00. The van der Waals surface area contributed by atoms with Crippen LogP contribution in [0.3, 0.4) is 0 Å². The lowest BCUT2D eigenvalue weighted by atomic mass is 10.1. The Morgan fingerprint density at radius 3 is 1.82 bits per heavy atom. The Labute approximate surface area is 73.6 Å². The minimum atomic E-state index is 0. The summed E-state index contributed by atoms with van der Waals surface area (Å²) in [4.78, 5) is 0. The number of quaternary nitrogens is 1. The molecule has 0 N–H and O–H groups in total. The van der Waals surface area contributed by atoms with E-state index in [-0.39, 0.29) is 12.4 Å². The Hall–Kier alpha value is -0.530. The van der Waals surface area contributed by atoms with Crippen LogP contribution in [0.5, 0.6) is 0 Å². The van der Waals surface area contributed by atoms with E-state index in [1.54, 1.807) is 0 Å². The minimum Gasteiger partial charge on any atom is -1.00 e. The van der Waals surface area contributed by atoms with E-state index < -0.39 is 0 Å². The number of hydrogen-bond acceptors (Lipinski definition) is 0. The average Bonchev–Trinajstić information content (AvgIpc) is 1.87. The lowest BCUT2D eigenvalue weighted by molar-refractivity contribution is -0.00000230. The van der Waals surface area contributed by atoms with Crippen molar-refractivity contribution in [3.05, 3.63) is 29.8 Å². The molecule has 2 bridgehead atoms. The predicted octanol–water partition coefficient (Wildman–Crippen LogP) is -1.23. The largest absolute Gasteiger partial charge is 1.00 e. The van der Waals surface area contributed by atoms with Crippen molar-refractivity contribution < 1.29 is 12.4 Å². The zero-order chi connectivity index (χ0) is 7.19. The van der Waals surface area contributed by atoms with E-state index in [0.717, 1.165) is 11.0 Å². The average molecular weight is 170 g/mol. The van der Waals surface area contributed by atoms with Crippen molar-refractivity contribution in [1.29, 1.82) is 0 Å². The molecule has 0 fully saturated rings. The van der Waals surface area contributed by atoms with Gasteiger partial charge in [-0.2, -0.15) is 0 Å². The van der Waals surface area contributed by atoms with Gasteiger partial charge < -0.3 is 12.4 Å². The SMILES string of the molecule is C[N+]1(C)Cc2ccc1cc2.[Cl-]. The monoisotopic (exact) mass is 169 g/mol. The van der Waals surface area contributed by atoms with Crippen molar-refractivity contribution in [3.63, 3.8) is 0 Å². The summed E-state index contributed by atoms with van der Waals surface area (Å²) in [5.74, 6) is 0. The van der Waals surface area contributed by atoms with Crippen LogP contribution in [0.25, 0.3) is 0 Å². The molecule has 0 saturated carbocycles. The fraction of sp³-hybridized carbons (Fsp3) is 0.333. The molecule has 0 aromatic heterocycles. The topological polar surface area (TPSA) is 0 Å². The Morgan fingerprint density at radius 1 is 1.09 bits per heavy atom. The molecule has 0 radical (unpaired) electrons. The molecule has 0 spiro atoms. The first-order chi connectivity index (χ1) is 4.68. The van der Waals surface area contributed by atoms with Crippen LogP contribution in [0.15, 0.2) is 24.3 Å². The Balaban J connectivity index is 0.000000605. The van der Waals surface area contributed by atoms with E-state index in [1.165, 1.54) is 11.3 Å². The minimum absolute atomic E-state index is 0. The first kappa shape index (κ1) is 8.57. The highest BCUT2D eigenvalue weighted by Crippen LogP contribution is 2.27. The fourth-order valence-electron chi connectivity index (χ4n) is 1.55. The van der Waals surface area contributed by atoms with Crippen molar-refractivity contribution in [2.75, 3.05) is 14.1 Å². The highest BCUT2D eigenvalue weighted by molar-refractivity contribution is 5.48. The van der Waals surface area contributed by atoms with Gasteiger partial charge in [0.2, 0.25) is 0 Å². The van der Waals surface area contributed by atoms with Crippen LogP contribution in [0.2, 0.25) is 0 Å². The Morgan fingerprint density at radius 2 is 1.64 bits per heavy atom. The van der Waals surface area contributed by atoms with Crippen LogP contribution < -0.4 is 16.9 Å². The van der Waals surface area contributed by atoms with Gasteiger partial charge in [0.05, 0.1) is 14.1 Å². The molecule has 1 aromatic carbocycles. The van der Waals surface area contributed by atoms with Gasteiger partial charge in [-0.15, -0.1) is 0 Å². The maximum absolute atomic E-state index is 2.24. The first-order valence-electron chi connectivity index (χ1n) is 3.61. The number of benzene rings is 1. The smallest absolute Gasteiger partial charge is 0.132 e. The Kier molecular flexibility index (Phi) is 1.95. The van der Waals surface area contributed by atoms with Gasteiger partial charge in [0.25, 0.3) is 0 Å². The van der Waals surface area contributed by atoms with E-state index >= 15 is 0 Å².